The zero-order chi connectivity index (χ0) is 100.0. The molecule has 2 spiro atoms. The quantitative estimate of drug-likeness (QED) is 0.0819. The van der Waals surface area contributed by atoms with Gasteiger partial charge in [0.1, 0.15) is 0 Å². The first-order chi connectivity index (χ1) is 72.7. The van der Waals surface area contributed by atoms with Gasteiger partial charge in [0.05, 0.1) is 32.9 Å². The van der Waals surface area contributed by atoms with Gasteiger partial charge in [-0.3, -0.25) is 0 Å². The average molecular weight is 1960 g/mol. The van der Waals surface area contributed by atoms with Crippen LogP contribution in [0.4, 0.5) is 34.1 Å². The Morgan fingerprint density at radius 2 is 0.399 bits per heavy atom. The summed E-state index contributed by atoms with van der Waals surface area (Å²) >= 11 is 3.56. The summed E-state index contributed by atoms with van der Waals surface area (Å²) in [4.78, 5) is 4.65. The molecule has 148 heavy (non-hydrogen) atoms. The third-order valence-electron chi connectivity index (χ3n) is 31.3. The van der Waals surface area contributed by atoms with Crippen molar-refractivity contribution in [3.05, 3.63) is 664 Å². The largest absolute Gasteiger partial charge is 0.427 e. The lowest BCUT2D eigenvalue weighted by Crippen LogP contribution is -2.49. The fourth-order valence-electron chi connectivity index (χ4n) is 23.8. The van der Waals surface area contributed by atoms with Crippen LogP contribution in [0.3, 0.4) is 0 Å². The average Bonchev–Trinajstić information content (AvgIpc) is 1.44. The fraction of sp³-hybridized carbons (Fsp3) is 0.0704. The molecule has 0 aromatic heterocycles. The van der Waals surface area contributed by atoms with Crippen LogP contribution in [-0.2, 0) is 26.3 Å². The lowest BCUT2D eigenvalue weighted by atomic mass is 9.51. The normalized spacial score (nSPS) is 13.4. The molecule has 0 bridgehead atoms. The van der Waals surface area contributed by atoms with Crippen molar-refractivity contribution in [1.82, 2.24) is 0 Å². The summed E-state index contributed by atoms with van der Waals surface area (Å²) in [6.07, 6.45) is 0. The lowest BCUT2D eigenvalue weighted by Gasteiger charge is -2.50. The number of hydrogen-bond acceptors (Lipinski definition) is 4. The minimum Gasteiger partial charge on any atom is -0.427 e. The summed E-state index contributed by atoms with van der Waals surface area (Å²) in [5.74, 6) is 0. The standard InChI is InChI=1S/C68H47N.C44H38BO2.C30H22BrN/c1-5-19-48(20-6-1)50-33-40-56(41-34-50)69(57-42-35-51(36-43-57)49-21-7-2-8-22-49)58-44-37-52(38-45-58)53-39-46-60-59-27-13-14-28-61(59)68(66(60)47-53)64-31-17-15-29-62(64)67(54-23-9-3-10-24-54,55-25-11-4-12-26-55)63-30-16-18-32-65(63)68;1-41(2,46)42(3,4)47-45-32-27-28-34-33-21-11-12-22-35(33)44(40(34)29-32)38-25-15-13-23-36(38)43(30-17-7-5-8-18-30,31-19-9-6-10-20-31)37-24-14-16-26-39(37)44;31-27-15-21-30(22-16-27)32(28-17-11-25(12-18-28)23-7-3-1-4-8-23)29-19-13-26(14-20-29)24-9-5-2-6-10-24/h1-47H;5-29,46H,1-4H3;1-22H. The Morgan fingerprint density at radius 1 is 0.196 bits per heavy atom. The second kappa shape index (κ2) is 39.1. The molecule has 26 rings (SSSR count). The highest BCUT2D eigenvalue weighted by Crippen LogP contribution is 2.67. The topological polar surface area (TPSA) is 35.9 Å². The molecule has 4 aliphatic carbocycles. The second-order valence-electron chi connectivity index (χ2n) is 40.0. The smallest absolute Gasteiger partial charge is 0.330 e. The van der Waals surface area contributed by atoms with Gasteiger partial charge < -0.3 is 19.6 Å². The second-order valence-corrected chi connectivity index (χ2v) is 40.9. The molecule has 0 unspecified atom stereocenters. The van der Waals surface area contributed by atoms with E-state index in [2.05, 4.69) is 584 Å². The van der Waals surface area contributed by atoms with E-state index in [0.717, 1.165) is 44.1 Å². The first-order valence-electron chi connectivity index (χ1n) is 51.1. The van der Waals surface area contributed by atoms with Crippen molar-refractivity contribution in [1.29, 1.82) is 0 Å². The maximum Gasteiger partial charge on any atom is 0.330 e. The molecule has 4 aliphatic rings. The van der Waals surface area contributed by atoms with E-state index < -0.39 is 32.9 Å². The van der Waals surface area contributed by atoms with Crippen molar-refractivity contribution in [2.75, 3.05) is 9.80 Å². The Labute approximate surface area is 878 Å². The van der Waals surface area contributed by atoms with Crippen LogP contribution in [0, 0.1) is 0 Å². The number of aliphatic hydroxyl groups is 1. The predicted molar refractivity (Wildman–Crippen MR) is 619 cm³/mol. The molecule has 22 aromatic rings. The summed E-state index contributed by atoms with van der Waals surface area (Å²) in [5.41, 5.74) is 41.4. The molecule has 1 N–H and O–H groups in total. The van der Waals surface area contributed by atoms with Crippen LogP contribution in [-0.4, -0.2) is 23.8 Å². The van der Waals surface area contributed by atoms with Gasteiger partial charge in [-0.05, 0) is 286 Å². The molecular formula is C142H107BBrN2O2. The Balaban J connectivity index is 0.000000128. The number of anilines is 6. The van der Waals surface area contributed by atoms with Crippen molar-refractivity contribution in [2.45, 2.75) is 60.6 Å². The van der Waals surface area contributed by atoms with Crippen LogP contribution in [0.5, 0.6) is 0 Å². The molecule has 0 saturated carbocycles. The van der Waals surface area contributed by atoms with Crippen LogP contribution in [0.15, 0.2) is 575 Å². The molecule has 0 amide bonds. The highest BCUT2D eigenvalue weighted by atomic mass is 79.9. The minimum atomic E-state index is -1.02. The number of nitrogens with zero attached hydrogens (tertiary/aromatic N) is 2. The SMILES string of the molecule is Brc1ccc(N(c2ccc(-c3ccccc3)cc2)c2ccc(-c3ccccc3)cc2)cc1.CC(C)(O)C(C)(C)O[B]c1ccc2c(c1)C1(c3ccccc3-2)c2ccccc2C(c2ccccc2)(c2ccccc2)c2ccccc21.c1ccc(-c2ccc(N(c3ccc(-c4ccccc4)cc3)c3ccc(-c4ccc5c(c4)C4(c6ccccc6-5)c5ccccc5C(c5ccccc5)(c5ccccc5)c5ccccc54)cc3)cc2)cc1. The molecular weight excluding hydrogens is 1860 g/mol. The van der Waals surface area contributed by atoms with E-state index in [4.69, 9.17) is 4.65 Å². The number of hydrogen-bond donors (Lipinski definition) is 1. The van der Waals surface area contributed by atoms with E-state index in [0.29, 0.717) is 0 Å². The van der Waals surface area contributed by atoms with Crippen LogP contribution < -0.4 is 15.3 Å². The van der Waals surface area contributed by atoms with Crippen LogP contribution in [0.25, 0.3) is 77.9 Å². The highest BCUT2D eigenvalue weighted by Gasteiger charge is 2.59. The molecule has 0 saturated heterocycles. The molecule has 6 heteroatoms. The zero-order valence-electron chi connectivity index (χ0n) is 83.0. The predicted octanol–water partition coefficient (Wildman–Crippen LogP) is 35.0. The van der Waals surface area contributed by atoms with Crippen LogP contribution in [0.1, 0.15) is 117 Å². The van der Waals surface area contributed by atoms with Crippen molar-refractivity contribution in [3.8, 4) is 77.9 Å². The van der Waals surface area contributed by atoms with Crippen molar-refractivity contribution >= 4 is 63.0 Å². The van der Waals surface area contributed by atoms with E-state index in [9.17, 15) is 5.11 Å². The Kier molecular flexibility index (Phi) is 24.7. The Hall–Kier alpha value is -17.1. The van der Waals surface area contributed by atoms with Gasteiger partial charge in [0.25, 0.3) is 0 Å². The van der Waals surface area contributed by atoms with E-state index >= 15 is 0 Å². The van der Waals surface area contributed by atoms with Crippen LogP contribution >= 0.6 is 15.9 Å². The summed E-state index contributed by atoms with van der Waals surface area (Å²) in [5, 5.41) is 10.8. The maximum atomic E-state index is 10.8. The van der Waals surface area contributed by atoms with Gasteiger partial charge in [-0.15, -0.1) is 0 Å². The van der Waals surface area contributed by atoms with Gasteiger partial charge in [0, 0.05) is 38.6 Å². The number of fused-ring (bicyclic) bond motifs is 18. The van der Waals surface area contributed by atoms with Crippen molar-refractivity contribution in [2.24, 2.45) is 0 Å². The summed E-state index contributed by atoms with van der Waals surface area (Å²) in [7, 11) is 1.81. The third-order valence-corrected chi connectivity index (χ3v) is 31.8. The molecule has 707 valence electrons. The first kappa shape index (κ1) is 93.3. The molecule has 1 radical (unpaired) electrons. The molecule has 22 aromatic carbocycles. The fourth-order valence-corrected chi connectivity index (χ4v) is 24.1. The van der Waals surface area contributed by atoms with Gasteiger partial charge >= 0.3 is 7.48 Å². The molecule has 0 heterocycles. The van der Waals surface area contributed by atoms with E-state index in [-0.39, 0.29) is 0 Å². The van der Waals surface area contributed by atoms with Gasteiger partial charge in [-0.1, -0.05) is 501 Å². The van der Waals surface area contributed by atoms with Gasteiger partial charge in [-0.2, -0.15) is 0 Å². The molecule has 4 nitrogen and oxygen atoms in total. The summed E-state index contributed by atoms with van der Waals surface area (Å²) in [6.45, 7) is 7.43. The minimum absolute atomic E-state index is 0.526. The van der Waals surface area contributed by atoms with E-state index in [1.807, 2.05) is 33.5 Å². The monoisotopic (exact) mass is 1960 g/mol. The highest BCUT2D eigenvalue weighted by molar-refractivity contribution is 9.10. The van der Waals surface area contributed by atoms with Crippen LogP contribution in [0.2, 0.25) is 0 Å². The van der Waals surface area contributed by atoms with E-state index in [1.54, 1.807) is 13.8 Å². The molecule has 0 atom stereocenters. The first-order valence-corrected chi connectivity index (χ1v) is 51.9. The third kappa shape index (κ3) is 16.1. The lowest BCUT2D eigenvalue weighted by molar-refractivity contribution is -0.0893. The number of rotatable bonds is 19. The zero-order valence-corrected chi connectivity index (χ0v) is 84.6. The Bertz CT molecular complexity index is 8180. The van der Waals surface area contributed by atoms with Crippen molar-refractivity contribution < 1.29 is 9.76 Å². The Morgan fingerprint density at radius 3 is 0.676 bits per heavy atom. The number of benzene rings is 22. The van der Waals surface area contributed by atoms with Gasteiger partial charge in [-0.25, -0.2) is 0 Å². The molecule has 0 aliphatic heterocycles. The van der Waals surface area contributed by atoms with Gasteiger partial charge in [0.15, 0.2) is 0 Å². The molecule has 0 fully saturated rings. The number of halogens is 1. The summed E-state index contributed by atoms with van der Waals surface area (Å²) < 4.78 is 7.37. The summed E-state index contributed by atoms with van der Waals surface area (Å²) in [6, 6.07) is 208. The van der Waals surface area contributed by atoms with E-state index in [1.165, 1.54) is 167 Å². The van der Waals surface area contributed by atoms with Crippen molar-refractivity contribution in [3.63, 3.8) is 0 Å². The van der Waals surface area contributed by atoms with Gasteiger partial charge in [0.2, 0.25) is 0 Å². The maximum absolute atomic E-state index is 10.8.